The molecule has 0 aliphatic rings. The van der Waals surface area contributed by atoms with Gasteiger partial charge in [-0.15, -0.1) is 0 Å². The van der Waals surface area contributed by atoms with Gasteiger partial charge in [0.1, 0.15) is 17.8 Å². The molecule has 0 unspecified atom stereocenters. The quantitative estimate of drug-likeness (QED) is 0.363. The van der Waals surface area contributed by atoms with Crippen LogP contribution in [0, 0.1) is 0 Å². The Kier molecular flexibility index (Phi) is 10.1. The fourth-order valence-corrected chi connectivity index (χ4v) is 1.77. The number of phenolic OH excluding ortho intramolecular Hbond substituents is 1. The zero-order valence-electron chi connectivity index (χ0n) is 15.3. The third-order valence-electron chi connectivity index (χ3n) is 3.16. The Bertz CT molecular complexity index is 655. The van der Waals surface area contributed by atoms with E-state index in [9.17, 15) is 24.6 Å². The lowest BCUT2D eigenvalue weighted by atomic mass is 10.1. The topological polar surface area (TPSA) is 179 Å². The van der Waals surface area contributed by atoms with Gasteiger partial charge in [0, 0.05) is 13.3 Å². The predicted octanol–water partition coefficient (Wildman–Crippen LogP) is -0.553. The average Bonchev–Trinajstić information content (AvgIpc) is 2.55. The molecule has 1 aromatic carbocycles. The van der Waals surface area contributed by atoms with E-state index < -0.39 is 41.9 Å². The highest BCUT2D eigenvalue weighted by molar-refractivity contribution is 5.91. The number of nitrogens with one attached hydrogen (secondary N) is 2. The first-order valence-electron chi connectivity index (χ1n) is 8.00. The maximum Gasteiger partial charge on any atom is 0.326 e. The van der Waals surface area contributed by atoms with Crippen molar-refractivity contribution in [2.45, 2.75) is 45.3 Å². The van der Waals surface area contributed by atoms with Crippen LogP contribution in [-0.4, -0.2) is 57.2 Å². The molecule has 0 saturated heterocycles. The lowest BCUT2D eigenvalue weighted by Crippen LogP contribution is -2.53. The standard InChI is InChI=1S/C15H21N3O5.C2H4O2/c1-8(16)13(20)17-9(2)14(21)18-12(15(22)23)7-10-3-5-11(19)6-4-10;1-2(3)4/h3-6,8-9,12,19H,7,16H2,1-2H3,(H,17,20)(H,18,21)(H,22,23);1H3,(H,3,4)/t8-,9-,12-;/m0./s1. The Balaban J connectivity index is 0.00000153. The summed E-state index contributed by atoms with van der Waals surface area (Å²) in [5, 5.41) is 30.6. The van der Waals surface area contributed by atoms with E-state index in [1.807, 2.05) is 0 Å². The van der Waals surface area contributed by atoms with Crippen LogP contribution in [0.25, 0.3) is 0 Å². The van der Waals surface area contributed by atoms with E-state index >= 15 is 0 Å². The number of carbonyl (C=O) groups excluding carboxylic acids is 2. The number of carbonyl (C=O) groups is 4. The van der Waals surface area contributed by atoms with Gasteiger partial charge in [0.15, 0.2) is 0 Å². The van der Waals surface area contributed by atoms with Gasteiger partial charge in [-0.2, -0.15) is 0 Å². The number of aromatic hydroxyl groups is 1. The number of benzene rings is 1. The van der Waals surface area contributed by atoms with E-state index in [4.69, 9.17) is 15.6 Å². The molecule has 27 heavy (non-hydrogen) atoms. The minimum Gasteiger partial charge on any atom is -0.508 e. The first-order valence-corrected chi connectivity index (χ1v) is 8.00. The van der Waals surface area contributed by atoms with Gasteiger partial charge in [-0.05, 0) is 31.5 Å². The lowest BCUT2D eigenvalue weighted by molar-refractivity contribution is -0.142. The molecule has 3 atom stereocenters. The van der Waals surface area contributed by atoms with Crippen LogP contribution in [-0.2, 0) is 25.6 Å². The van der Waals surface area contributed by atoms with Crippen molar-refractivity contribution in [3.8, 4) is 5.75 Å². The van der Waals surface area contributed by atoms with Crippen LogP contribution in [0.5, 0.6) is 5.75 Å². The maximum absolute atomic E-state index is 12.0. The largest absolute Gasteiger partial charge is 0.508 e. The molecule has 1 aromatic rings. The summed E-state index contributed by atoms with van der Waals surface area (Å²) in [4.78, 5) is 43.7. The fraction of sp³-hybridized carbons (Fsp3) is 0.412. The minimum absolute atomic E-state index is 0.0509. The van der Waals surface area contributed by atoms with Gasteiger partial charge in [0.2, 0.25) is 11.8 Å². The zero-order chi connectivity index (χ0) is 21.1. The summed E-state index contributed by atoms with van der Waals surface area (Å²) >= 11 is 0. The Morgan fingerprint density at radius 2 is 1.48 bits per heavy atom. The van der Waals surface area contributed by atoms with E-state index in [2.05, 4.69) is 10.6 Å². The van der Waals surface area contributed by atoms with Gasteiger partial charge in [0.05, 0.1) is 6.04 Å². The Labute approximate surface area is 156 Å². The number of phenols is 1. The van der Waals surface area contributed by atoms with Crippen LogP contribution in [0.2, 0.25) is 0 Å². The second-order valence-corrected chi connectivity index (χ2v) is 5.81. The molecule has 0 saturated carbocycles. The first kappa shape index (κ1) is 23.9. The maximum atomic E-state index is 12.0. The van der Waals surface area contributed by atoms with Crippen molar-refractivity contribution in [3.05, 3.63) is 29.8 Å². The number of hydrogen-bond acceptors (Lipinski definition) is 6. The summed E-state index contributed by atoms with van der Waals surface area (Å²) in [5.41, 5.74) is 6.03. The van der Waals surface area contributed by atoms with Crippen LogP contribution in [0.4, 0.5) is 0 Å². The number of carboxylic acids is 2. The number of nitrogens with two attached hydrogens (primary N) is 1. The van der Waals surface area contributed by atoms with E-state index in [-0.39, 0.29) is 12.2 Å². The molecule has 0 aliphatic carbocycles. The molecule has 150 valence electrons. The Morgan fingerprint density at radius 1 is 1.00 bits per heavy atom. The molecule has 10 heteroatoms. The van der Waals surface area contributed by atoms with Crippen molar-refractivity contribution in [2.75, 3.05) is 0 Å². The summed E-state index contributed by atoms with van der Waals surface area (Å²) in [6.45, 7) is 4.00. The van der Waals surface area contributed by atoms with Gasteiger partial charge < -0.3 is 31.7 Å². The predicted molar refractivity (Wildman–Crippen MR) is 95.9 cm³/mol. The van der Waals surface area contributed by atoms with Crippen molar-refractivity contribution >= 4 is 23.8 Å². The van der Waals surface area contributed by atoms with E-state index in [1.54, 1.807) is 12.1 Å². The summed E-state index contributed by atoms with van der Waals surface area (Å²) in [6.07, 6.45) is 0.0509. The molecule has 2 amide bonds. The lowest BCUT2D eigenvalue weighted by Gasteiger charge is -2.19. The van der Waals surface area contributed by atoms with Gasteiger partial charge in [-0.3, -0.25) is 14.4 Å². The summed E-state index contributed by atoms with van der Waals surface area (Å²) < 4.78 is 0. The van der Waals surface area contributed by atoms with Crippen LogP contribution >= 0.6 is 0 Å². The third kappa shape index (κ3) is 10.4. The zero-order valence-corrected chi connectivity index (χ0v) is 15.3. The number of carboxylic acid groups (broad SMARTS) is 2. The van der Waals surface area contributed by atoms with Crippen LogP contribution in [0.15, 0.2) is 24.3 Å². The van der Waals surface area contributed by atoms with Gasteiger partial charge in [-0.1, -0.05) is 12.1 Å². The molecule has 0 heterocycles. The van der Waals surface area contributed by atoms with E-state index in [0.717, 1.165) is 6.92 Å². The molecule has 7 N–H and O–H groups in total. The summed E-state index contributed by atoms with van der Waals surface area (Å²) in [7, 11) is 0. The van der Waals surface area contributed by atoms with Crippen molar-refractivity contribution < 1.29 is 34.5 Å². The highest BCUT2D eigenvalue weighted by Crippen LogP contribution is 2.11. The molecule has 0 fully saturated rings. The number of rotatable bonds is 7. The van der Waals surface area contributed by atoms with Crippen molar-refractivity contribution in [1.29, 1.82) is 0 Å². The summed E-state index contributed by atoms with van der Waals surface area (Å²) in [6, 6.07) is 3.18. The van der Waals surface area contributed by atoms with Crippen LogP contribution in [0.1, 0.15) is 26.3 Å². The highest BCUT2D eigenvalue weighted by atomic mass is 16.4. The smallest absolute Gasteiger partial charge is 0.326 e. The second kappa shape index (κ2) is 11.5. The first-order chi connectivity index (χ1) is 12.4. The second-order valence-electron chi connectivity index (χ2n) is 5.81. The fourth-order valence-electron chi connectivity index (χ4n) is 1.77. The minimum atomic E-state index is -1.20. The Hall–Kier alpha value is -3.14. The average molecular weight is 383 g/mol. The molecular weight excluding hydrogens is 358 g/mol. The van der Waals surface area contributed by atoms with Gasteiger partial charge >= 0.3 is 5.97 Å². The normalized spacial score (nSPS) is 13.2. The molecular formula is C17H25N3O7. The molecule has 0 radical (unpaired) electrons. The number of aliphatic carboxylic acids is 2. The molecule has 0 spiro atoms. The van der Waals surface area contributed by atoms with Gasteiger partial charge in [-0.25, -0.2) is 4.79 Å². The van der Waals surface area contributed by atoms with Crippen LogP contribution in [0.3, 0.4) is 0 Å². The van der Waals surface area contributed by atoms with Crippen molar-refractivity contribution in [3.63, 3.8) is 0 Å². The molecule has 1 rings (SSSR count). The van der Waals surface area contributed by atoms with Crippen molar-refractivity contribution in [2.24, 2.45) is 5.73 Å². The monoisotopic (exact) mass is 383 g/mol. The van der Waals surface area contributed by atoms with Crippen LogP contribution < -0.4 is 16.4 Å². The molecule has 10 nitrogen and oxygen atoms in total. The summed E-state index contributed by atoms with van der Waals surface area (Å²) in [5.74, 6) is -3.09. The highest BCUT2D eigenvalue weighted by Gasteiger charge is 2.24. The third-order valence-corrected chi connectivity index (χ3v) is 3.16. The Morgan fingerprint density at radius 3 is 1.89 bits per heavy atom. The molecule has 0 aromatic heterocycles. The number of hydrogen-bond donors (Lipinski definition) is 6. The van der Waals surface area contributed by atoms with Crippen molar-refractivity contribution in [1.82, 2.24) is 10.6 Å². The number of amides is 2. The molecule has 0 aliphatic heterocycles. The van der Waals surface area contributed by atoms with E-state index in [0.29, 0.717) is 5.56 Å². The molecule has 0 bridgehead atoms. The SMILES string of the molecule is CC(=O)O.C[C@H](N)C(=O)N[C@@H](C)C(=O)N[C@@H](Cc1ccc(O)cc1)C(=O)O. The van der Waals surface area contributed by atoms with Gasteiger partial charge in [0.25, 0.3) is 5.97 Å². The van der Waals surface area contributed by atoms with E-state index in [1.165, 1.54) is 26.0 Å².